The Kier molecular flexibility index (Phi) is 7.55. The molecule has 1 aliphatic rings. The highest BCUT2D eigenvalue weighted by molar-refractivity contribution is 7.89. The van der Waals surface area contributed by atoms with Crippen molar-refractivity contribution >= 4 is 34.0 Å². The SMILES string of the molecule is Cl.O=C(NCCNS(=O)(=O)c1ccccc1[N+](=O)[O-])C1CCCN1. The van der Waals surface area contributed by atoms with Crippen molar-refractivity contribution < 1.29 is 18.1 Å². The van der Waals surface area contributed by atoms with Gasteiger partial charge in [-0.15, -0.1) is 12.4 Å². The van der Waals surface area contributed by atoms with Crippen LogP contribution < -0.4 is 15.4 Å². The first kappa shape index (κ1) is 20.3. The van der Waals surface area contributed by atoms with Crippen LogP contribution in [0.1, 0.15) is 12.8 Å². The van der Waals surface area contributed by atoms with E-state index in [1.54, 1.807) is 0 Å². The summed E-state index contributed by atoms with van der Waals surface area (Å²) in [5.41, 5.74) is -0.487. The molecule has 134 valence electrons. The number of amides is 1. The van der Waals surface area contributed by atoms with Crippen LogP contribution in [0.3, 0.4) is 0 Å². The molecule has 0 saturated carbocycles. The fourth-order valence-electron chi connectivity index (χ4n) is 2.32. The average Bonchev–Trinajstić information content (AvgIpc) is 3.06. The Balaban J connectivity index is 0.00000288. The highest BCUT2D eigenvalue weighted by atomic mass is 35.5. The minimum absolute atomic E-state index is 0. The van der Waals surface area contributed by atoms with Gasteiger partial charge in [-0.3, -0.25) is 14.9 Å². The maximum Gasteiger partial charge on any atom is 0.289 e. The predicted octanol–water partition coefficient (Wildman–Crippen LogP) is 0.163. The van der Waals surface area contributed by atoms with E-state index in [0.717, 1.165) is 25.5 Å². The lowest BCUT2D eigenvalue weighted by Crippen LogP contribution is -2.43. The van der Waals surface area contributed by atoms with E-state index in [1.807, 2.05) is 0 Å². The zero-order chi connectivity index (χ0) is 16.9. The first-order valence-corrected chi connectivity index (χ1v) is 8.64. The van der Waals surface area contributed by atoms with E-state index in [4.69, 9.17) is 0 Å². The molecular weight excluding hydrogens is 360 g/mol. The van der Waals surface area contributed by atoms with E-state index < -0.39 is 25.5 Å². The summed E-state index contributed by atoms with van der Waals surface area (Å²) in [4.78, 5) is 21.5. The van der Waals surface area contributed by atoms with Crippen LogP contribution in [0.15, 0.2) is 29.2 Å². The molecule has 1 aromatic rings. The quantitative estimate of drug-likeness (QED) is 0.352. The maximum absolute atomic E-state index is 12.1. The van der Waals surface area contributed by atoms with Crippen LogP contribution >= 0.6 is 12.4 Å². The molecule has 1 aromatic carbocycles. The third-order valence-corrected chi connectivity index (χ3v) is 4.95. The molecule has 1 heterocycles. The Bertz CT molecular complexity index is 691. The summed E-state index contributed by atoms with van der Waals surface area (Å²) >= 11 is 0. The minimum atomic E-state index is -4.01. The minimum Gasteiger partial charge on any atom is -0.353 e. The number of nitrogens with zero attached hydrogens (tertiary/aromatic N) is 1. The summed E-state index contributed by atoms with van der Waals surface area (Å²) in [6.07, 6.45) is 1.69. The zero-order valence-corrected chi connectivity index (χ0v) is 14.4. The van der Waals surface area contributed by atoms with E-state index in [1.165, 1.54) is 18.2 Å². The number of nitrogens with one attached hydrogen (secondary N) is 3. The first-order chi connectivity index (χ1) is 10.9. The molecule has 0 radical (unpaired) electrons. The molecule has 9 nitrogen and oxygen atoms in total. The normalized spacial score (nSPS) is 17.1. The average molecular weight is 379 g/mol. The molecule has 2 rings (SSSR count). The van der Waals surface area contributed by atoms with Crippen molar-refractivity contribution in [2.75, 3.05) is 19.6 Å². The monoisotopic (exact) mass is 378 g/mol. The van der Waals surface area contributed by atoms with Gasteiger partial charge in [-0.25, -0.2) is 13.1 Å². The fourth-order valence-corrected chi connectivity index (χ4v) is 3.52. The number of nitro benzene ring substituents is 1. The van der Waals surface area contributed by atoms with Gasteiger partial charge >= 0.3 is 0 Å². The van der Waals surface area contributed by atoms with Crippen LogP contribution in [0.2, 0.25) is 0 Å². The molecule has 3 N–H and O–H groups in total. The Morgan fingerprint density at radius 3 is 2.67 bits per heavy atom. The van der Waals surface area contributed by atoms with Crippen LogP contribution in [0.5, 0.6) is 0 Å². The van der Waals surface area contributed by atoms with Gasteiger partial charge in [0.2, 0.25) is 15.9 Å². The van der Waals surface area contributed by atoms with Crippen molar-refractivity contribution in [1.29, 1.82) is 0 Å². The number of halogens is 1. The summed E-state index contributed by atoms with van der Waals surface area (Å²) < 4.78 is 26.5. The second-order valence-corrected chi connectivity index (χ2v) is 6.80. The van der Waals surface area contributed by atoms with E-state index in [9.17, 15) is 23.3 Å². The largest absolute Gasteiger partial charge is 0.353 e. The number of benzene rings is 1. The van der Waals surface area contributed by atoms with E-state index in [-0.39, 0.29) is 37.4 Å². The molecule has 1 aliphatic heterocycles. The number of sulfonamides is 1. The number of carbonyl (C=O) groups excluding carboxylic acids is 1. The van der Waals surface area contributed by atoms with Gasteiger partial charge in [-0.1, -0.05) is 12.1 Å². The van der Waals surface area contributed by atoms with Crippen LogP contribution in [0.25, 0.3) is 0 Å². The molecule has 11 heteroatoms. The van der Waals surface area contributed by atoms with Gasteiger partial charge in [0.05, 0.1) is 11.0 Å². The van der Waals surface area contributed by atoms with Crippen LogP contribution in [0.4, 0.5) is 5.69 Å². The molecule has 1 fully saturated rings. The van der Waals surface area contributed by atoms with Gasteiger partial charge in [-0.2, -0.15) is 0 Å². The molecule has 1 atom stereocenters. The highest BCUT2D eigenvalue weighted by Gasteiger charge is 2.25. The van der Waals surface area contributed by atoms with E-state index >= 15 is 0 Å². The number of para-hydroxylation sites is 1. The molecular formula is C13H19ClN4O5S. The number of nitro groups is 1. The Morgan fingerprint density at radius 1 is 1.33 bits per heavy atom. The van der Waals surface area contributed by atoms with Crippen LogP contribution in [-0.2, 0) is 14.8 Å². The van der Waals surface area contributed by atoms with Gasteiger partial charge in [0.15, 0.2) is 4.90 Å². The van der Waals surface area contributed by atoms with Gasteiger partial charge < -0.3 is 10.6 Å². The molecule has 0 aliphatic carbocycles. The van der Waals surface area contributed by atoms with E-state index in [0.29, 0.717) is 0 Å². The number of rotatable bonds is 7. The van der Waals surface area contributed by atoms with Crippen LogP contribution in [0, 0.1) is 10.1 Å². The summed E-state index contributed by atoms with van der Waals surface area (Å²) in [5, 5.41) is 16.5. The number of hydrogen-bond donors (Lipinski definition) is 3. The lowest BCUT2D eigenvalue weighted by molar-refractivity contribution is -0.387. The predicted molar refractivity (Wildman–Crippen MR) is 89.6 cm³/mol. The summed E-state index contributed by atoms with van der Waals surface area (Å²) in [5.74, 6) is -0.174. The van der Waals surface area contributed by atoms with Crippen molar-refractivity contribution in [3.05, 3.63) is 34.4 Å². The fraction of sp³-hybridized carbons (Fsp3) is 0.462. The van der Waals surface area contributed by atoms with Crippen LogP contribution in [-0.4, -0.2) is 44.9 Å². The first-order valence-electron chi connectivity index (χ1n) is 7.16. The maximum atomic E-state index is 12.1. The molecule has 0 aromatic heterocycles. The Labute approximate surface area is 145 Å². The van der Waals surface area contributed by atoms with Crippen molar-refractivity contribution in [2.24, 2.45) is 0 Å². The smallest absolute Gasteiger partial charge is 0.289 e. The Hall–Kier alpha value is -1.75. The van der Waals surface area contributed by atoms with Gasteiger partial charge in [0, 0.05) is 19.2 Å². The molecule has 1 unspecified atom stereocenters. The lowest BCUT2D eigenvalue weighted by Gasteiger charge is -2.11. The number of hydrogen-bond acceptors (Lipinski definition) is 6. The molecule has 1 amide bonds. The molecule has 0 bridgehead atoms. The second kappa shape index (κ2) is 8.92. The molecule has 0 spiro atoms. The summed E-state index contributed by atoms with van der Waals surface area (Å²) in [6, 6.07) is 4.87. The van der Waals surface area contributed by atoms with Gasteiger partial charge in [0.25, 0.3) is 5.69 Å². The second-order valence-electron chi connectivity index (χ2n) is 5.06. The number of carbonyl (C=O) groups is 1. The third-order valence-electron chi connectivity index (χ3n) is 3.44. The Morgan fingerprint density at radius 2 is 2.04 bits per heavy atom. The molecule has 1 saturated heterocycles. The topological polar surface area (TPSA) is 130 Å². The summed E-state index contributed by atoms with van der Waals surface area (Å²) in [7, 11) is -4.01. The highest BCUT2D eigenvalue weighted by Crippen LogP contribution is 2.22. The van der Waals surface area contributed by atoms with Crippen molar-refractivity contribution in [1.82, 2.24) is 15.4 Å². The lowest BCUT2D eigenvalue weighted by atomic mass is 10.2. The van der Waals surface area contributed by atoms with Gasteiger partial charge in [-0.05, 0) is 25.5 Å². The van der Waals surface area contributed by atoms with Crippen molar-refractivity contribution in [3.8, 4) is 0 Å². The van der Waals surface area contributed by atoms with Gasteiger partial charge in [0.1, 0.15) is 0 Å². The standard InChI is InChI=1S/C13H18N4O5S.ClH/c18-13(10-4-3-7-14-10)15-8-9-16-23(21,22)12-6-2-1-5-11(12)17(19)20;/h1-2,5-6,10,14,16H,3-4,7-9H2,(H,15,18);1H. The zero-order valence-electron chi connectivity index (χ0n) is 12.7. The molecule has 24 heavy (non-hydrogen) atoms. The van der Waals surface area contributed by atoms with Crippen molar-refractivity contribution in [3.63, 3.8) is 0 Å². The van der Waals surface area contributed by atoms with E-state index in [2.05, 4.69) is 15.4 Å². The van der Waals surface area contributed by atoms with Crippen molar-refractivity contribution in [2.45, 2.75) is 23.8 Å². The third kappa shape index (κ3) is 5.13. The summed E-state index contributed by atoms with van der Waals surface area (Å²) in [6.45, 7) is 0.853.